The zero-order chi connectivity index (χ0) is 101. The highest BCUT2D eigenvalue weighted by Gasteiger charge is 2.35. The van der Waals surface area contributed by atoms with E-state index in [4.69, 9.17) is 30.5 Å². The molecule has 146 heavy (non-hydrogen) atoms. The number of halogens is 11. The third kappa shape index (κ3) is 29.0. The fourth-order valence-corrected chi connectivity index (χ4v) is 17.4. The van der Waals surface area contributed by atoms with Gasteiger partial charge in [0.25, 0.3) is 0 Å². The van der Waals surface area contributed by atoms with Gasteiger partial charge in [-0.2, -0.15) is 66.7 Å². The Labute approximate surface area is 839 Å². The topological polar surface area (TPSA) is 381 Å². The largest absolute Gasteiger partial charge is 0.416 e. The van der Waals surface area contributed by atoms with E-state index in [0.717, 1.165) is 131 Å². The van der Waals surface area contributed by atoms with E-state index < -0.39 is 46.7 Å². The van der Waals surface area contributed by atoms with Gasteiger partial charge in [-0.25, -0.2) is 59.2 Å². The van der Waals surface area contributed by atoms with Crippen LogP contribution in [-0.2, 0) is 31.3 Å². The number of pyridine rings is 4. The van der Waals surface area contributed by atoms with Crippen molar-refractivity contribution in [3.05, 3.63) is 250 Å². The van der Waals surface area contributed by atoms with Gasteiger partial charge in [-0.15, -0.1) is 0 Å². The summed E-state index contributed by atoms with van der Waals surface area (Å²) in [6.45, 7) is 16.4. The maximum atomic E-state index is 14.2. The molecule has 0 spiro atoms. The highest BCUT2D eigenvalue weighted by molar-refractivity contribution is 6.31. The lowest BCUT2D eigenvalue weighted by Gasteiger charge is -2.27. The molecule has 16 heterocycles. The molecule has 20 rings (SSSR count). The summed E-state index contributed by atoms with van der Waals surface area (Å²) in [7, 11) is 0. The number of hydrogen-bond acceptors (Lipinski definition) is 36. The summed E-state index contributed by atoms with van der Waals surface area (Å²) >= 11 is 6.39. The second kappa shape index (κ2) is 49.5. The number of nitrogens with zero attached hydrogens (tertiary/aromatic N) is 22. The molecule has 0 radical (unpaired) electrons. The molecule has 12 aromatic rings. The minimum Gasteiger partial charge on any atom is -0.378 e. The normalized spacial score (nSPS) is 17.7. The molecular formula is C99H107ClF10N32O4. The molecule has 0 bridgehead atoms. The van der Waals surface area contributed by atoms with Crippen molar-refractivity contribution in [1.82, 2.24) is 70.4 Å². The van der Waals surface area contributed by atoms with E-state index in [9.17, 15) is 43.9 Å². The first-order chi connectivity index (χ1) is 71.0. The number of ether oxygens (including phenoxy) is 4. The van der Waals surface area contributed by atoms with Gasteiger partial charge in [0.1, 0.15) is 0 Å². The molecule has 4 aromatic carbocycles. The van der Waals surface area contributed by atoms with Crippen molar-refractivity contribution in [3.8, 4) is 0 Å². The summed E-state index contributed by atoms with van der Waals surface area (Å²) in [5.41, 5.74) is 20.6. The molecule has 8 fully saturated rings. The zero-order valence-corrected chi connectivity index (χ0v) is 80.2. The van der Waals surface area contributed by atoms with E-state index in [-0.39, 0.29) is 53.1 Å². The van der Waals surface area contributed by atoms with Crippen LogP contribution in [0.15, 0.2) is 197 Å². The second-order valence-electron chi connectivity index (χ2n) is 34.9. The Bertz CT molecular complexity index is 6240. The number of nitrogens with one attached hydrogen (secondary N) is 10. The number of hydrogen-bond donors (Lipinski definition) is 10. The molecule has 764 valence electrons. The van der Waals surface area contributed by atoms with Crippen LogP contribution in [0.5, 0.6) is 0 Å². The molecule has 8 aliphatic rings. The van der Waals surface area contributed by atoms with Crippen LogP contribution in [0.4, 0.5) is 148 Å². The Morgan fingerprint density at radius 2 is 0.699 bits per heavy atom. The van der Waals surface area contributed by atoms with E-state index in [0.29, 0.717) is 179 Å². The van der Waals surface area contributed by atoms with Crippen molar-refractivity contribution in [2.45, 2.75) is 76.3 Å². The fraction of sp³-hybridized carbons (Fsp3) is 0.354. The minimum absolute atomic E-state index is 0.0999. The van der Waals surface area contributed by atoms with Crippen LogP contribution >= 0.6 is 11.6 Å². The number of morpholine rings is 4. The van der Waals surface area contributed by atoms with Crippen LogP contribution in [0, 0.1) is 29.2 Å². The van der Waals surface area contributed by atoms with Crippen LogP contribution in [0.2, 0.25) is 5.02 Å². The Hall–Kier alpha value is -15.0. The molecule has 8 aliphatic heterocycles. The number of anilines is 18. The molecule has 0 saturated carbocycles. The van der Waals surface area contributed by atoms with Crippen LogP contribution in [0.3, 0.4) is 0 Å². The lowest BCUT2D eigenvalue weighted by Crippen LogP contribution is -2.37. The first-order valence-electron chi connectivity index (χ1n) is 47.8. The summed E-state index contributed by atoms with van der Waals surface area (Å²) in [4.78, 5) is 61.6. The summed E-state index contributed by atoms with van der Waals surface area (Å²) in [5, 5.41) is 36.7. The lowest BCUT2D eigenvalue weighted by molar-refractivity contribution is -0.138. The molecule has 8 saturated heterocycles. The second-order valence-corrected chi connectivity index (χ2v) is 35.3. The van der Waals surface area contributed by atoms with E-state index in [2.05, 4.69) is 170 Å². The first-order valence-corrected chi connectivity index (χ1v) is 48.2. The maximum Gasteiger partial charge on any atom is 0.416 e. The Morgan fingerprint density at radius 3 is 1.05 bits per heavy atom. The van der Waals surface area contributed by atoms with Crippen molar-refractivity contribution < 1.29 is 62.9 Å². The van der Waals surface area contributed by atoms with Crippen LogP contribution in [0.25, 0.3) is 0 Å². The quantitative estimate of drug-likeness (QED) is 0.0124. The highest BCUT2D eigenvalue weighted by Crippen LogP contribution is 2.40. The van der Waals surface area contributed by atoms with Crippen molar-refractivity contribution in [3.63, 3.8) is 0 Å². The standard InChI is InChI=1S/C25H28ClFN8O.2C25H26F4N8O.C24H27FN8O/c1-16-4-5-28-23(16)17-10-18(26)12-21(11-17)32-20-3-2-19(29-13-20)14-31-34-25-30-15-22(27)24(33-25)35-6-8-36-9-7-35;26-21-15-32-24(35-23(21)37-6-8-38-9-7-37)36-33-14-18-3-4-19(13-31-18)34-20-11-16(22-2-1-5-30-22)10-17(12-20)25(27,28)29;26-22-16-31-24(34-23(22)37-7-9-38-10-8-37)35-32-15-18-3-4-19(14-30-18)33-20-11-17(25(27,28)29)12-21(13-20)36-5-1-2-6-36;25-22-17-27-24(30-23(22)33-10-12-34-13-11-33)31-28-16-19-6-7-20(15-26-19)29-18-4-3-5-21(14-18)32-8-1-2-9-32/h2-3,10-16,23,28,32H,4-9H2,1H3,(H,30,33,34);3-4,10-15,22,30,34H,1-2,5-9H2,(H,32,35,36);3-4,11-16,33H,1-2,5-10H2,(H,31,34,35);3-7,14-17,29H,1-2,8-13H2,(H,27,30,31)/b31-14+;33-14+;32-15+;28-16+. The Morgan fingerprint density at radius 1 is 0.342 bits per heavy atom. The monoisotopic (exact) mass is 2030 g/mol. The van der Waals surface area contributed by atoms with E-state index in [1.807, 2.05) is 57.2 Å². The smallest absolute Gasteiger partial charge is 0.378 e. The van der Waals surface area contributed by atoms with Crippen molar-refractivity contribution in [2.24, 2.45) is 26.3 Å². The van der Waals surface area contributed by atoms with Gasteiger partial charge in [0.05, 0.1) is 184 Å². The number of rotatable bonds is 28. The van der Waals surface area contributed by atoms with Gasteiger partial charge in [-0.05, 0) is 196 Å². The molecule has 47 heteroatoms. The number of aromatic nitrogens is 12. The zero-order valence-electron chi connectivity index (χ0n) is 79.4. The van der Waals surface area contributed by atoms with Gasteiger partial charge in [0, 0.05) is 130 Å². The fourth-order valence-electron chi connectivity index (χ4n) is 17.1. The van der Waals surface area contributed by atoms with E-state index in [1.165, 1.54) is 61.0 Å². The van der Waals surface area contributed by atoms with Gasteiger partial charge in [-0.1, -0.05) is 24.6 Å². The summed E-state index contributed by atoms with van der Waals surface area (Å²) in [5.74, 6) is 0.0814. The summed E-state index contributed by atoms with van der Waals surface area (Å²) in [6.07, 6.45) is 15.3. The van der Waals surface area contributed by atoms with E-state index in [1.54, 1.807) is 71.0 Å². The van der Waals surface area contributed by atoms with Crippen molar-refractivity contribution in [1.29, 1.82) is 0 Å². The number of hydrazone groups is 4. The molecule has 0 amide bonds. The molecule has 36 nitrogen and oxygen atoms in total. The van der Waals surface area contributed by atoms with Crippen LogP contribution < -0.4 is 83.0 Å². The molecule has 3 atom stereocenters. The molecule has 3 unspecified atom stereocenters. The van der Waals surface area contributed by atoms with Gasteiger partial charge >= 0.3 is 12.4 Å². The highest BCUT2D eigenvalue weighted by atomic mass is 35.5. The Balaban J connectivity index is 0.000000133. The van der Waals surface area contributed by atoms with Gasteiger partial charge in [0.2, 0.25) is 23.8 Å². The molecule has 8 aromatic heterocycles. The van der Waals surface area contributed by atoms with Gasteiger partial charge < -0.3 is 80.2 Å². The van der Waals surface area contributed by atoms with Gasteiger partial charge in [0.15, 0.2) is 46.5 Å². The lowest BCUT2D eigenvalue weighted by atomic mass is 9.96. The Kier molecular flexibility index (Phi) is 34.8. The average molecular weight is 2030 g/mol. The van der Waals surface area contributed by atoms with Crippen molar-refractivity contribution >= 4 is 140 Å². The van der Waals surface area contributed by atoms with Crippen LogP contribution in [0.1, 0.15) is 109 Å². The first kappa shape index (κ1) is 102. The maximum absolute atomic E-state index is 14.2. The van der Waals surface area contributed by atoms with Crippen LogP contribution in [-0.4, -0.2) is 229 Å². The third-order valence-corrected chi connectivity index (χ3v) is 24.7. The summed E-state index contributed by atoms with van der Waals surface area (Å²) < 4.78 is 159. The number of benzene rings is 4. The predicted octanol–water partition coefficient (Wildman–Crippen LogP) is 17.1. The van der Waals surface area contributed by atoms with E-state index >= 15 is 0 Å². The summed E-state index contributed by atoms with van der Waals surface area (Å²) in [6, 6.07) is 37.0. The average Bonchev–Trinajstić information content (AvgIpc) is 1.24. The molecule has 10 N–H and O–H groups in total. The van der Waals surface area contributed by atoms with Gasteiger partial charge in [-0.3, -0.25) is 19.9 Å². The minimum atomic E-state index is -4.45. The third-order valence-electron chi connectivity index (χ3n) is 24.5. The molecule has 0 aliphatic carbocycles. The number of alkyl halides is 6. The predicted molar refractivity (Wildman–Crippen MR) is 543 cm³/mol. The van der Waals surface area contributed by atoms with Crippen molar-refractivity contribution in [2.75, 3.05) is 217 Å². The molecular weight excluding hydrogens is 1930 g/mol. The SMILES string of the molecule is CC1CCNC1c1cc(Cl)cc(Nc2ccc(/C=N/Nc3ncc(F)c(N4CCOCC4)n3)nc2)c1.Fc1cnc(N/N=C/c2ccc(Nc3cc(C4CCCN4)cc(C(F)(F)F)c3)cn2)nc1N1CCOCC1.Fc1cnc(N/N=C/c2ccc(Nc3cc(N4CCCC4)cc(C(F)(F)F)c3)cn2)nc1N1CCOCC1.Fc1cnc(N/N=C/c2ccc(Nc3cccc(N4CCCC4)c3)cn2)nc1N1CCOCC1.